The van der Waals surface area contributed by atoms with Crippen molar-refractivity contribution in [1.82, 2.24) is 15.6 Å². The molecule has 1 aromatic heterocycles. The lowest BCUT2D eigenvalue weighted by atomic mass is 10.0. The summed E-state index contributed by atoms with van der Waals surface area (Å²) in [4.78, 5) is 51.1. The van der Waals surface area contributed by atoms with Crippen molar-refractivity contribution in [2.75, 3.05) is 0 Å². The number of nitrogens with two attached hydrogens (primary N) is 1. The Bertz CT molecular complexity index is 924. The Morgan fingerprint density at radius 3 is 2.42 bits per heavy atom. The summed E-state index contributed by atoms with van der Waals surface area (Å²) in [5.41, 5.74) is 6.96. The molecule has 1 heterocycles. The van der Waals surface area contributed by atoms with Crippen molar-refractivity contribution in [2.24, 2.45) is 5.73 Å². The molecule has 8 nitrogen and oxygen atoms in total. The Balaban J connectivity index is 2.00. The molecule has 2 atom stereocenters. The molecule has 0 saturated carbocycles. The number of rotatable bonds is 16. The number of carbonyl (C=O) groups excluding carboxylic acids is 4. The lowest BCUT2D eigenvalue weighted by molar-refractivity contribution is -0.130. The van der Waals surface area contributed by atoms with Gasteiger partial charge in [0.05, 0.1) is 12.5 Å². The Kier molecular flexibility index (Phi) is 11.1. The van der Waals surface area contributed by atoms with Gasteiger partial charge in [-0.2, -0.15) is 0 Å². The number of carbonyl (C=O) groups is 4. The van der Waals surface area contributed by atoms with Gasteiger partial charge in [-0.05, 0) is 18.1 Å². The molecule has 0 unspecified atom stereocenters. The van der Waals surface area contributed by atoms with Crippen LogP contribution in [0.5, 0.6) is 0 Å². The fraction of sp³-hybridized carbons (Fsp3) is 0.520. The largest absolute Gasteiger partial charge is 0.370 e. The molecule has 33 heavy (non-hydrogen) atoms. The number of hydrogen-bond donors (Lipinski definition) is 4. The van der Waals surface area contributed by atoms with Crippen molar-refractivity contribution >= 4 is 34.9 Å². The third-order valence-corrected chi connectivity index (χ3v) is 5.67. The minimum absolute atomic E-state index is 0.207. The summed E-state index contributed by atoms with van der Waals surface area (Å²) in [6.45, 7) is 2.18. The molecule has 8 heteroatoms. The molecule has 0 saturated heterocycles. The van der Waals surface area contributed by atoms with Crippen LogP contribution in [0.15, 0.2) is 30.5 Å². The maximum atomic E-state index is 12.9. The van der Waals surface area contributed by atoms with E-state index in [1.54, 1.807) is 0 Å². The number of aromatic nitrogens is 1. The third-order valence-electron chi connectivity index (χ3n) is 5.67. The van der Waals surface area contributed by atoms with Crippen molar-refractivity contribution in [1.29, 1.82) is 0 Å². The van der Waals surface area contributed by atoms with Crippen LogP contribution in [0.1, 0.15) is 70.3 Å². The SMILES string of the molecule is CCCCCCCCCC(=O)N[C@@H](Cc1c[nH]c2ccccc12)C(=O)N[C@@H](C=O)CC(N)=O. The number of fused-ring (bicyclic) bond motifs is 1. The van der Waals surface area contributed by atoms with E-state index in [0.29, 0.717) is 12.7 Å². The van der Waals surface area contributed by atoms with Gasteiger partial charge in [-0.15, -0.1) is 0 Å². The van der Waals surface area contributed by atoms with E-state index in [9.17, 15) is 19.2 Å². The van der Waals surface area contributed by atoms with Gasteiger partial charge in [0.1, 0.15) is 12.3 Å². The Hall–Kier alpha value is -3.16. The molecule has 0 aliphatic carbocycles. The fourth-order valence-corrected chi connectivity index (χ4v) is 3.87. The number of benzene rings is 1. The minimum Gasteiger partial charge on any atom is -0.370 e. The summed E-state index contributed by atoms with van der Waals surface area (Å²) in [6.07, 6.45) is 10.3. The van der Waals surface area contributed by atoms with Crippen molar-refractivity contribution < 1.29 is 19.2 Å². The van der Waals surface area contributed by atoms with Crippen LogP contribution in [0.25, 0.3) is 10.9 Å². The highest BCUT2D eigenvalue weighted by Crippen LogP contribution is 2.19. The molecule has 0 spiro atoms. The van der Waals surface area contributed by atoms with Gasteiger partial charge in [0, 0.05) is 29.9 Å². The van der Waals surface area contributed by atoms with Gasteiger partial charge in [0.25, 0.3) is 0 Å². The number of aromatic amines is 1. The average molecular weight is 457 g/mol. The summed E-state index contributed by atoms with van der Waals surface area (Å²) >= 11 is 0. The lowest BCUT2D eigenvalue weighted by Crippen LogP contribution is -2.51. The molecule has 180 valence electrons. The standard InChI is InChI=1S/C25H36N4O4/c1-2-3-4-5-6-7-8-13-24(32)29-22(25(33)28-19(17-30)15-23(26)31)14-18-16-27-21-12-10-9-11-20(18)21/h9-12,16-17,19,22,27H,2-8,13-15H2,1H3,(H2,26,31)(H,28,33)(H,29,32)/t19-,22+/m1/s1. The first-order valence-corrected chi connectivity index (χ1v) is 11.8. The molecular formula is C25H36N4O4. The summed E-state index contributed by atoms with van der Waals surface area (Å²) in [5.74, 6) is -1.42. The number of amides is 3. The Morgan fingerprint density at radius 2 is 1.73 bits per heavy atom. The van der Waals surface area contributed by atoms with E-state index < -0.39 is 23.9 Å². The molecule has 0 aliphatic rings. The second kappa shape index (κ2) is 14.1. The number of para-hydroxylation sites is 1. The van der Waals surface area contributed by atoms with Crippen LogP contribution in [0.2, 0.25) is 0 Å². The molecule has 2 rings (SSSR count). The first kappa shape index (κ1) is 26.1. The third kappa shape index (κ3) is 9.08. The Labute approximate surface area is 195 Å². The van der Waals surface area contributed by atoms with Crippen LogP contribution in [-0.2, 0) is 25.6 Å². The predicted octanol–water partition coefficient (Wildman–Crippen LogP) is 2.89. The van der Waals surface area contributed by atoms with Gasteiger partial charge in [-0.1, -0.05) is 63.6 Å². The quantitative estimate of drug-likeness (QED) is 0.228. The summed E-state index contributed by atoms with van der Waals surface area (Å²) in [5, 5.41) is 6.30. The van der Waals surface area contributed by atoms with Crippen molar-refractivity contribution in [3.63, 3.8) is 0 Å². The van der Waals surface area contributed by atoms with E-state index in [2.05, 4.69) is 22.5 Å². The zero-order chi connectivity index (χ0) is 24.1. The lowest BCUT2D eigenvalue weighted by Gasteiger charge is -2.20. The molecular weight excluding hydrogens is 420 g/mol. The highest BCUT2D eigenvalue weighted by atomic mass is 16.2. The highest BCUT2D eigenvalue weighted by molar-refractivity contribution is 5.91. The van der Waals surface area contributed by atoms with Crippen LogP contribution in [0, 0.1) is 0 Å². The number of unbranched alkanes of at least 4 members (excludes halogenated alkanes) is 6. The maximum Gasteiger partial charge on any atom is 0.243 e. The normalized spacial score (nSPS) is 12.8. The van der Waals surface area contributed by atoms with Gasteiger partial charge in [-0.3, -0.25) is 14.4 Å². The monoisotopic (exact) mass is 456 g/mol. The average Bonchev–Trinajstić information content (AvgIpc) is 3.20. The number of nitrogens with one attached hydrogen (secondary N) is 3. The molecule has 1 aromatic carbocycles. The number of aldehydes is 1. The second-order valence-electron chi connectivity index (χ2n) is 8.48. The van der Waals surface area contributed by atoms with E-state index in [1.807, 2.05) is 30.5 Å². The van der Waals surface area contributed by atoms with Crippen molar-refractivity contribution in [2.45, 2.75) is 83.2 Å². The topological polar surface area (TPSA) is 134 Å². The second-order valence-corrected chi connectivity index (χ2v) is 8.48. The van der Waals surface area contributed by atoms with Crippen LogP contribution >= 0.6 is 0 Å². The Morgan fingerprint density at radius 1 is 1.03 bits per heavy atom. The fourth-order valence-electron chi connectivity index (χ4n) is 3.87. The molecule has 0 aliphatic heterocycles. The smallest absolute Gasteiger partial charge is 0.243 e. The molecule has 2 aromatic rings. The van der Waals surface area contributed by atoms with Crippen molar-refractivity contribution in [3.05, 3.63) is 36.0 Å². The molecule has 0 bridgehead atoms. The van der Waals surface area contributed by atoms with Crippen LogP contribution < -0.4 is 16.4 Å². The van der Waals surface area contributed by atoms with E-state index in [-0.39, 0.29) is 18.7 Å². The summed E-state index contributed by atoms with van der Waals surface area (Å²) in [6, 6.07) is 5.79. The zero-order valence-electron chi connectivity index (χ0n) is 19.4. The zero-order valence-corrected chi connectivity index (χ0v) is 19.4. The molecule has 5 N–H and O–H groups in total. The van der Waals surface area contributed by atoms with Crippen LogP contribution in [-0.4, -0.2) is 41.1 Å². The summed E-state index contributed by atoms with van der Waals surface area (Å²) < 4.78 is 0. The van der Waals surface area contributed by atoms with E-state index in [1.165, 1.54) is 25.7 Å². The van der Waals surface area contributed by atoms with E-state index in [4.69, 9.17) is 5.73 Å². The summed E-state index contributed by atoms with van der Waals surface area (Å²) in [7, 11) is 0. The minimum atomic E-state index is -1.03. The van der Waals surface area contributed by atoms with Gasteiger partial charge < -0.3 is 26.1 Å². The van der Waals surface area contributed by atoms with Gasteiger partial charge >= 0.3 is 0 Å². The number of H-pyrrole nitrogens is 1. The van der Waals surface area contributed by atoms with E-state index in [0.717, 1.165) is 35.7 Å². The van der Waals surface area contributed by atoms with Crippen molar-refractivity contribution in [3.8, 4) is 0 Å². The molecule has 3 amide bonds. The van der Waals surface area contributed by atoms with Crippen LogP contribution in [0.4, 0.5) is 0 Å². The van der Waals surface area contributed by atoms with Gasteiger partial charge in [-0.25, -0.2) is 0 Å². The molecule has 0 fully saturated rings. The first-order valence-electron chi connectivity index (χ1n) is 11.8. The van der Waals surface area contributed by atoms with Gasteiger partial charge in [0.15, 0.2) is 0 Å². The maximum absolute atomic E-state index is 12.9. The number of hydrogen-bond acceptors (Lipinski definition) is 4. The highest BCUT2D eigenvalue weighted by Gasteiger charge is 2.25. The number of primary amides is 1. The first-order chi connectivity index (χ1) is 15.9. The van der Waals surface area contributed by atoms with Crippen LogP contribution in [0.3, 0.4) is 0 Å². The molecule has 0 radical (unpaired) electrons. The van der Waals surface area contributed by atoms with E-state index >= 15 is 0 Å². The predicted molar refractivity (Wildman–Crippen MR) is 128 cm³/mol. The van der Waals surface area contributed by atoms with Gasteiger partial charge in [0.2, 0.25) is 17.7 Å².